The van der Waals surface area contributed by atoms with Gasteiger partial charge in [0.25, 0.3) is 11.8 Å². The molecular formula is C41H46F4O10. The van der Waals surface area contributed by atoms with E-state index in [1.54, 1.807) is 79.7 Å². The van der Waals surface area contributed by atoms with E-state index in [1.165, 1.54) is 0 Å². The van der Waals surface area contributed by atoms with Gasteiger partial charge < -0.3 is 28.4 Å². The first-order valence-electron chi connectivity index (χ1n) is 17.5. The topological polar surface area (TPSA) is 124 Å². The van der Waals surface area contributed by atoms with Crippen molar-refractivity contribution in [2.75, 3.05) is 26.4 Å². The highest BCUT2D eigenvalue weighted by Crippen LogP contribution is 2.33. The Morgan fingerprint density at radius 1 is 0.636 bits per heavy atom. The molecule has 0 radical (unpaired) electrons. The van der Waals surface area contributed by atoms with Gasteiger partial charge in [0.2, 0.25) is 0 Å². The number of carbonyl (C=O) groups is 4. The zero-order chi connectivity index (χ0) is 41.0. The Hall–Kier alpha value is -5.40. The number of halogens is 4. The van der Waals surface area contributed by atoms with Crippen molar-refractivity contribution in [2.24, 2.45) is 11.3 Å². The monoisotopic (exact) mass is 774 g/mol. The number of benzene rings is 4. The molecule has 0 spiro atoms. The number of rotatable bonds is 16. The van der Waals surface area contributed by atoms with Crippen LogP contribution in [0.5, 0.6) is 23.0 Å². The molecule has 0 N–H and O–H groups in total. The lowest BCUT2D eigenvalue weighted by atomic mass is 9.91. The number of esters is 4. The summed E-state index contributed by atoms with van der Waals surface area (Å²) in [5.41, 5.74) is -0.566. The van der Waals surface area contributed by atoms with Crippen molar-refractivity contribution in [2.45, 2.75) is 73.2 Å². The van der Waals surface area contributed by atoms with Gasteiger partial charge >= 0.3 is 23.9 Å². The normalized spacial score (nSPS) is 12.2. The van der Waals surface area contributed by atoms with E-state index in [2.05, 4.69) is 9.47 Å². The van der Waals surface area contributed by atoms with E-state index < -0.39 is 55.6 Å². The second kappa shape index (κ2) is 19.3. The van der Waals surface area contributed by atoms with Gasteiger partial charge in [-0.2, -0.15) is 0 Å². The third kappa shape index (κ3) is 14.4. The first kappa shape index (κ1) is 44.0. The summed E-state index contributed by atoms with van der Waals surface area (Å²) in [7, 11) is 0. The summed E-state index contributed by atoms with van der Waals surface area (Å²) in [5, 5.41) is 2.89. The second-order valence-corrected chi connectivity index (χ2v) is 13.7. The number of hydrogen-bond donors (Lipinski definition) is 0. The molecule has 0 saturated heterocycles. The lowest BCUT2D eigenvalue weighted by molar-refractivity contribution is -0.156. The fraction of sp³-hybridized carbons (Fsp3) is 0.415. The Labute approximate surface area is 317 Å². The van der Waals surface area contributed by atoms with Crippen molar-refractivity contribution in [1.82, 2.24) is 0 Å². The number of carbonyl (C=O) groups excluding carboxylic acids is 4. The molecule has 0 amide bonds. The van der Waals surface area contributed by atoms with Gasteiger partial charge in [0.1, 0.15) is 23.0 Å². The van der Waals surface area contributed by atoms with Crippen LogP contribution in [0, 0.1) is 11.3 Å². The zero-order valence-corrected chi connectivity index (χ0v) is 31.8. The molecule has 0 aliphatic heterocycles. The first-order valence-corrected chi connectivity index (χ1v) is 17.5. The summed E-state index contributed by atoms with van der Waals surface area (Å²) >= 11 is 0. The van der Waals surface area contributed by atoms with Crippen LogP contribution >= 0.6 is 0 Å². The minimum absolute atomic E-state index is 0.230. The van der Waals surface area contributed by atoms with Gasteiger partial charge in [0.05, 0.1) is 11.3 Å². The zero-order valence-electron chi connectivity index (χ0n) is 31.8. The minimum atomic E-state index is -3.09. The molecule has 0 aliphatic rings. The molecular weight excluding hydrogens is 728 g/mol. The van der Waals surface area contributed by atoms with Crippen molar-refractivity contribution in [3.63, 3.8) is 0 Å². The van der Waals surface area contributed by atoms with Gasteiger partial charge in [0.15, 0.2) is 26.4 Å². The largest absolute Gasteiger partial charge is 0.482 e. The standard InChI is InChI=1S/C21H24F2O5.C20H22F2O5/c1-5-20(2,3)19(25)28-17-9-7-14-10-16(8-6-15(14)11-17)26-12-18(24)27-13-21(4,22)23;1-4-13(2)19(24)27-17-10-6-7-14-15(17)8-5-9-16(14)25-11-18(23)26-12-20(3,21)22/h6-11H,5,12-13H2,1-4H3;5-10,13H,4,11-12H2,1-3H3. The molecule has 14 heteroatoms. The molecule has 10 nitrogen and oxygen atoms in total. The highest BCUT2D eigenvalue weighted by Gasteiger charge is 2.28. The molecule has 0 aliphatic carbocycles. The molecule has 1 unspecified atom stereocenters. The molecule has 0 saturated carbocycles. The van der Waals surface area contributed by atoms with E-state index in [0.29, 0.717) is 60.5 Å². The molecule has 0 heterocycles. The van der Waals surface area contributed by atoms with Crippen LogP contribution < -0.4 is 18.9 Å². The van der Waals surface area contributed by atoms with Gasteiger partial charge in [-0.15, -0.1) is 0 Å². The van der Waals surface area contributed by atoms with Crippen LogP contribution in [0.4, 0.5) is 17.6 Å². The molecule has 4 aromatic rings. The summed E-state index contributed by atoms with van der Waals surface area (Å²) < 4.78 is 81.3. The third-order valence-corrected chi connectivity index (χ3v) is 8.17. The van der Waals surface area contributed by atoms with Crippen LogP contribution in [0.3, 0.4) is 0 Å². The minimum Gasteiger partial charge on any atom is -0.482 e. The Kier molecular flexibility index (Phi) is 15.4. The van der Waals surface area contributed by atoms with Crippen molar-refractivity contribution < 1.29 is 65.2 Å². The van der Waals surface area contributed by atoms with Crippen molar-refractivity contribution >= 4 is 45.4 Å². The van der Waals surface area contributed by atoms with Crippen molar-refractivity contribution in [3.8, 4) is 23.0 Å². The highest BCUT2D eigenvalue weighted by molar-refractivity contribution is 5.95. The highest BCUT2D eigenvalue weighted by atomic mass is 19.3. The predicted octanol–water partition coefficient (Wildman–Crippen LogP) is 9.13. The lowest BCUT2D eigenvalue weighted by Crippen LogP contribution is -2.28. The van der Waals surface area contributed by atoms with Gasteiger partial charge in [0, 0.05) is 24.6 Å². The lowest BCUT2D eigenvalue weighted by Gasteiger charge is -2.20. The van der Waals surface area contributed by atoms with Gasteiger partial charge in [-0.1, -0.05) is 57.2 Å². The number of ether oxygens (including phenoxy) is 6. The van der Waals surface area contributed by atoms with E-state index in [0.717, 1.165) is 10.8 Å². The van der Waals surface area contributed by atoms with Crippen LogP contribution in [-0.4, -0.2) is 62.1 Å². The van der Waals surface area contributed by atoms with Crippen LogP contribution in [-0.2, 0) is 28.7 Å². The Morgan fingerprint density at radius 2 is 1.13 bits per heavy atom. The van der Waals surface area contributed by atoms with E-state index >= 15 is 0 Å². The third-order valence-electron chi connectivity index (χ3n) is 8.17. The SMILES string of the molecule is CCC(C)(C)C(=O)Oc1ccc2cc(OCC(=O)OCC(C)(F)F)ccc2c1.CCC(C)C(=O)Oc1cccc2c(OCC(=O)OCC(C)(F)F)cccc12. The first-order chi connectivity index (χ1) is 25.7. The molecule has 55 heavy (non-hydrogen) atoms. The average molecular weight is 775 g/mol. The van der Waals surface area contributed by atoms with Crippen LogP contribution in [0.15, 0.2) is 72.8 Å². The summed E-state index contributed by atoms with van der Waals surface area (Å²) in [6.45, 7) is 7.63. The van der Waals surface area contributed by atoms with Crippen LogP contribution in [0.1, 0.15) is 61.3 Å². The maximum atomic E-state index is 12.7. The van der Waals surface area contributed by atoms with Gasteiger partial charge in [-0.05, 0) is 73.9 Å². The maximum absolute atomic E-state index is 12.7. The predicted molar refractivity (Wildman–Crippen MR) is 197 cm³/mol. The fourth-order valence-corrected chi connectivity index (χ4v) is 4.36. The second-order valence-electron chi connectivity index (χ2n) is 13.7. The van der Waals surface area contributed by atoms with Crippen LogP contribution in [0.2, 0.25) is 0 Å². The molecule has 0 fully saturated rings. The van der Waals surface area contributed by atoms with E-state index in [4.69, 9.17) is 18.9 Å². The molecule has 4 rings (SSSR count). The summed E-state index contributed by atoms with van der Waals surface area (Å²) in [6.07, 6.45) is 1.33. The molecule has 298 valence electrons. The molecule has 0 aromatic heterocycles. The fourth-order valence-electron chi connectivity index (χ4n) is 4.36. The van der Waals surface area contributed by atoms with E-state index in [1.807, 2.05) is 27.7 Å². The van der Waals surface area contributed by atoms with E-state index in [9.17, 15) is 36.7 Å². The number of fused-ring (bicyclic) bond motifs is 2. The Bertz CT molecular complexity index is 1950. The summed E-state index contributed by atoms with van der Waals surface area (Å²) in [6, 6.07) is 20.4. The quantitative estimate of drug-likeness (QED) is 0.0619. The maximum Gasteiger partial charge on any atom is 0.344 e. The average Bonchev–Trinajstić information content (AvgIpc) is 3.13. The van der Waals surface area contributed by atoms with Crippen molar-refractivity contribution in [3.05, 3.63) is 72.8 Å². The number of hydrogen-bond acceptors (Lipinski definition) is 10. The Morgan fingerprint density at radius 3 is 1.65 bits per heavy atom. The van der Waals surface area contributed by atoms with Crippen LogP contribution in [0.25, 0.3) is 21.5 Å². The molecule has 0 bridgehead atoms. The van der Waals surface area contributed by atoms with Gasteiger partial charge in [-0.3, -0.25) is 9.59 Å². The summed E-state index contributed by atoms with van der Waals surface area (Å²) in [4.78, 5) is 47.3. The molecule has 1 atom stereocenters. The van der Waals surface area contributed by atoms with Crippen molar-refractivity contribution in [1.29, 1.82) is 0 Å². The Balaban J connectivity index is 0.000000296. The summed E-state index contributed by atoms with van der Waals surface area (Å²) in [5.74, 6) is -7.23. The van der Waals surface area contributed by atoms with E-state index in [-0.39, 0.29) is 17.9 Å². The van der Waals surface area contributed by atoms with Gasteiger partial charge in [-0.25, -0.2) is 27.2 Å². The molecule has 4 aromatic carbocycles. The smallest absolute Gasteiger partial charge is 0.344 e. The number of alkyl halides is 4.